The smallest absolute Gasteiger partial charge is 0.0294 e. The molecule has 70 valence electrons. The van der Waals surface area contributed by atoms with Crippen molar-refractivity contribution in [1.82, 2.24) is 5.32 Å². The van der Waals surface area contributed by atoms with Crippen LogP contribution in [-0.2, 0) is 6.42 Å². The lowest BCUT2D eigenvalue weighted by Crippen LogP contribution is -2.28. The Morgan fingerprint density at radius 1 is 1.31 bits per heavy atom. The lowest BCUT2D eigenvalue weighted by Gasteiger charge is -2.26. The molecule has 0 fully saturated rings. The number of benzene rings is 1. The molecule has 0 saturated heterocycles. The third-order valence-corrected chi connectivity index (χ3v) is 3.20. The summed E-state index contributed by atoms with van der Waals surface area (Å²) < 4.78 is 0. The van der Waals surface area contributed by atoms with Gasteiger partial charge in [-0.25, -0.2) is 0 Å². The molecule has 1 nitrogen and oxygen atoms in total. The Bertz CT molecular complexity index is 328. The molecule has 1 aromatic carbocycles. The average Bonchev–Trinajstić information content (AvgIpc) is 2.12. The van der Waals surface area contributed by atoms with Gasteiger partial charge in [-0.3, -0.25) is 0 Å². The predicted molar refractivity (Wildman–Crippen MR) is 56.0 cm³/mol. The fraction of sp³-hybridized carbons (Fsp3) is 0.500. The maximum Gasteiger partial charge on any atom is 0.0294 e. The maximum atomic E-state index is 3.48. The Labute approximate surface area is 80.2 Å². The minimum atomic E-state index is 0.531. The van der Waals surface area contributed by atoms with Gasteiger partial charge in [-0.15, -0.1) is 0 Å². The number of rotatable bonds is 0. The van der Waals surface area contributed by atoms with Gasteiger partial charge in [-0.1, -0.05) is 12.1 Å². The van der Waals surface area contributed by atoms with Crippen LogP contribution >= 0.6 is 0 Å². The molecule has 0 aromatic heterocycles. The fourth-order valence-electron chi connectivity index (χ4n) is 2.16. The standard InChI is InChI=1S/C12H17N/c1-8-4-5-12-10(3)13-7-6-11(12)9(8)2/h4-5,10,13H,6-7H2,1-3H3. The third-order valence-electron chi connectivity index (χ3n) is 3.20. The van der Waals surface area contributed by atoms with E-state index < -0.39 is 0 Å². The van der Waals surface area contributed by atoms with Crippen LogP contribution in [0.4, 0.5) is 0 Å². The molecule has 1 aliphatic heterocycles. The van der Waals surface area contributed by atoms with E-state index in [0.717, 1.165) is 6.54 Å². The normalized spacial score (nSPS) is 21.3. The Morgan fingerprint density at radius 3 is 2.85 bits per heavy atom. The van der Waals surface area contributed by atoms with Crippen LogP contribution in [0, 0.1) is 13.8 Å². The number of fused-ring (bicyclic) bond motifs is 1. The summed E-state index contributed by atoms with van der Waals surface area (Å²) in [7, 11) is 0. The van der Waals surface area contributed by atoms with Gasteiger partial charge < -0.3 is 5.32 Å². The van der Waals surface area contributed by atoms with E-state index in [-0.39, 0.29) is 0 Å². The van der Waals surface area contributed by atoms with Gasteiger partial charge in [0.05, 0.1) is 0 Å². The summed E-state index contributed by atoms with van der Waals surface area (Å²) in [6, 6.07) is 5.04. The zero-order valence-electron chi connectivity index (χ0n) is 8.65. The summed E-state index contributed by atoms with van der Waals surface area (Å²) in [5.74, 6) is 0. The zero-order valence-corrected chi connectivity index (χ0v) is 8.65. The molecule has 1 aliphatic rings. The van der Waals surface area contributed by atoms with Crippen molar-refractivity contribution in [3.63, 3.8) is 0 Å². The highest BCUT2D eigenvalue weighted by molar-refractivity contribution is 5.42. The van der Waals surface area contributed by atoms with E-state index in [1.54, 1.807) is 5.56 Å². The van der Waals surface area contributed by atoms with E-state index in [9.17, 15) is 0 Å². The Kier molecular flexibility index (Phi) is 2.12. The van der Waals surface area contributed by atoms with Gasteiger partial charge in [-0.2, -0.15) is 0 Å². The highest BCUT2D eigenvalue weighted by atomic mass is 14.9. The van der Waals surface area contributed by atoms with Crippen molar-refractivity contribution >= 4 is 0 Å². The second-order valence-electron chi connectivity index (χ2n) is 4.00. The van der Waals surface area contributed by atoms with Crippen molar-refractivity contribution in [2.45, 2.75) is 33.2 Å². The van der Waals surface area contributed by atoms with Gasteiger partial charge >= 0.3 is 0 Å². The molecule has 2 rings (SSSR count). The van der Waals surface area contributed by atoms with Gasteiger partial charge in [0.25, 0.3) is 0 Å². The van der Waals surface area contributed by atoms with Gasteiger partial charge in [0, 0.05) is 6.04 Å². The van der Waals surface area contributed by atoms with E-state index >= 15 is 0 Å². The predicted octanol–water partition coefficient (Wildman–Crippen LogP) is 2.51. The van der Waals surface area contributed by atoms with E-state index in [1.165, 1.54) is 23.1 Å². The minimum Gasteiger partial charge on any atom is -0.310 e. The molecule has 1 unspecified atom stereocenters. The lowest BCUT2D eigenvalue weighted by atomic mass is 9.89. The van der Waals surface area contributed by atoms with Crippen LogP contribution in [0.3, 0.4) is 0 Å². The van der Waals surface area contributed by atoms with E-state index in [0.29, 0.717) is 6.04 Å². The highest BCUT2D eigenvalue weighted by Crippen LogP contribution is 2.26. The molecule has 1 heterocycles. The SMILES string of the molecule is Cc1ccc2c(c1C)CCNC2C. The van der Waals surface area contributed by atoms with Gasteiger partial charge in [-0.05, 0) is 56.0 Å². The first kappa shape index (κ1) is 8.76. The second-order valence-corrected chi connectivity index (χ2v) is 4.00. The summed E-state index contributed by atoms with van der Waals surface area (Å²) in [5.41, 5.74) is 5.99. The summed E-state index contributed by atoms with van der Waals surface area (Å²) in [6.07, 6.45) is 1.19. The highest BCUT2D eigenvalue weighted by Gasteiger charge is 2.17. The molecule has 0 radical (unpaired) electrons. The van der Waals surface area contributed by atoms with Crippen LogP contribution in [0.5, 0.6) is 0 Å². The third kappa shape index (κ3) is 1.37. The molecular formula is C12H17N. The first-order chi connectivity index (χ1) is 6.20. The first-order valence-electron chi connectivity index (χ1n) is 5.02. The number of nitrogens with one attached hydrogen (secondary N) is 1. The quantitative estimate of drug-likeness (QED) is 0.639. The summed E-state index contributed by atoms with van der Waals surface area (Å²) in [6.45, 7) is 7.81. The molecule has 1 heteroatoms. The molecule has 1 aromatic rings. The number of hydrogen-bond donors (Lipinski definition) is 1. The van der Waals surface area contributed by atoms with Crippen LogP contribution in [0.2, 0.25) is 0 Å². The number of hydrogen-bond acceptors (Lipinski definition) is 1. The van der Waals surface area contributed by atoms with Crippen LogP contribution in [0.15, 0.2) is 12.1 Å². The fourth-order valence-corrected chi connectivity index (χ4v) is 2.16. The van der Waals surface area contributed by atoms with E-state index in [4.69, 9.17) is 0 Å². The van der Waals surface area contributed by atoms with Gasteiger partial charge in [0.1, 0.15) is 0 Å². The maximum absolute atomic E-state index is 3.48. The molecule has 0 saturated carbocycles. The molecule has 0 bridgehead atoms. The van der Waals surface area contributed by atoms with Crippen LogP contribution < -0.4 is 5.32 Å². The molecular weight excluding hydrogens is 158 g/mol. The van der Waals surface area contributed by atoms with E-state index in [2.05, 4.69) is 38.2 Å². The van der Waals surface area contributed by atoms with E-state index in [1.807, 2.05) is 0 Å². The molecule has 0 spiro atoms. The van der Waals surface area contributed by atoms with Crippen LogP contribution in [0.1, 0.15) is 35.2 Å². The summed E-state index contributed by atoms with van der Waals surface area (Å²) in [4.78, 5) is 0. The molecule has 0 amide bonds. The average molecular weight is 175 g/mol. The van der Waals surface area contributed by atoms with Crippen LogP contribution in [-0.4, -0.2) is 6.54 Å². The largest absolute Gasteiger partial charge is 0.310 e. The van der Waals surface area contributed by atoms with Gasteiger partial charge in [0.2, 0.25) is 0 Å². The summed E-state index contributed by atoms with van der Waals surface area (Å²) in [5, 5.41) is 3.48. The van der Waals surface area contributed by atoms with Crippen molar-refractivity contribution in [1.29, 1.82) is 0 Å². The van der Waals surface area contributed by atoms with Crippen molar-refractivity contribution in [3.8, 4) is 0 Å². The molecule has 1 atom stereocenters. The first-order valence-corrected chi connectivity index (χ1v) is 5.02. The van der Waals surface area contributed by atoms with Crippen molar-refractivity contribution in [2.75, 3.05) is 6.54 Å². The lowest BCUT2D eigenvalue weighted by molar-refractivity contribution is 0.539. The Balaban J connectivity index is 2.56. The van der Waals surface area contributed by atoms with Crippen LogP contribution in [0.25, 0.3) is 0 Å². The van der Waals surface area contributed by atoms with Gasteiger partial charge in [0.15, 0.2) is 0 Å². The van der Waals surface area contributed by atoms with Crippen molar-refractivity contribution in [2.24, 2.45) is 0 Å². The monoisotopic (exact) mass is 175 g/mol. The summed E-state index contributed by atoms with van der Waals surface area (Å²) >= 11 is 0. The zero-order chi connectivity index (χ0) is 9.42. The second kappa shape index (κ2) is 3.15. The minimum absolute atomic E-state index is 0.531. The molecule has 0 aliphatic carbocycles. The molecule has 1 N–H and O–H groups in total. The van der Waals surface area contributed by atoms with Crippen molar-refractivity contribution in [3.05, 3.63) is 34.4 Å². The Morgan fingerprint density at radius 2 is 2.08 bits per heavy atom. The topological polar surface area (TPSA) is 12.0 Å². The molecule has 13 heavy (non-hydrogen) atoms. The van der Waals surface area contributed by atoms with Crippen molar-refractivity contribution < 1.29 is 0 Å². The number of aryl methyl sites for hydroxylation is 1. The Hall–Kier alpha value is -0.820.